The number of halogens is 1. The minimum atomic E-state index is -0.0860. The second kappa shape index (κ2) is 6.81. The van der Waals surface area contributed by atoms with Crippen molar-refractivity contribution in [2.24, 2.45) is 0 Å². The van der Waals surface area contributed by atoms with Crippen LogP contribution in [0.4, 0.5) is 0 Å². The van der Waals surface area contributed by atoms with Gasteiger partial charge in [-0.25, -0.2) is 0 Å². The van der Waals surface area contributed by atoms with Gasteiger partial charge >= 0.3 is 0 Å². The first kappa shape index (κ1) is 16.8. The van der Waals surface area contributed by atoms with Crippen molar-refractivity contribution >= 4 is 23.3 Å². The highest BCUT2D eigenvalue weighted by Crippen LogP contribution is 2.27. The number of aryl methyl sites for hydroxylation is 1. The van der Waals surface area contributed by atoms with Gasteiger partial charge in [0.25, 0.3) is 5.91 Å². The summed E-state index contributed by atoms with van der Waals surface area (Å²) in [5.74, 6) is 0.0512. The highest BCUT2D eigenvalue weighted by atomic mass is 35.5. The molecule has 0 fully saturated rings. The molecule has 1 amide bonds. The number of amides is 1. The number of carbonyl (C=O) groups excluding carboxylic acids is 2. The summed E-state index contributed by atoms with van der Waals surface area (Å²) in [5, 5.41) is 0.654. The van der Waals surface area contributed by atoms with E-state index in [-0.39, 0.29) is 11.7 Å². The van der Waals surface area contributed by atoms with Crippen LogP contribution in [-0.2, 0) is 13.0 Å². The van der Waals surface area contributed by atoms with Gasteiger partial charge in [-0.1, -0.05) is 29.8 Å². The molecule has 1 aromatic heterocycles. The largest absolute Gasteiger partial charge is 0.354 e. The fourth-order valence-electron chi connectivity index (χ4n) is 3.31. The van der Waals surface area contributed by atoms with Gasteiger partial charge in [-0.15, -0.1) is 0 Å². The molecule has 1 heterocycles. The molecule has 0 atom stereocenters. The summed E-state index contributed by atoms with van der Waals surface area (Å²) in [5.41, 5.74) is 3.85. The summed E-state index contributed by atoms with van der Waals surface area (Å²) in [6, 6.07) is 7.54. The van der Waals surface area contributed by atoms with Crippen LogP contribution < -0.4 is 0 Å². The molecule has 1 aromatic carbocycles. The second-order valence-corrected chi connectivity index (χ2v) is 6.57. The number of rotatable bonds is 4. The third-order valence-corrected chi connectivity index (χ3v) is 5.01. The predicted octanol–water partition coefficient (Wildman–Crippen LogP) is 4.16. The maximum absolute atomic E-state index is 13.0. The van der Waals surface area contributed by atoms with E-state index in [0.29, 0.717) is 30.2 Å². The number of nitrogens with zero attached hydrogens (tertiary/aromatic N) is 1. The van der Waals surface area contributed by atoms with Gasteiger partial charge in [0.1, 0.15) is 5.69 Å². The Balaban J connectivity index is 1.90. The summed E-state index contributed by atoms with van der Waals surface area (Å²) in [4.78, 5) is 30.1. The molecule has 1 N–H and O–H groups in total. The van der Waals surface area contributed by atoms with Crippen LogP contribution in [0.2, 0.25) is 5.02 Å². The fourth-order valence-corrected chi connectivity index (χ4v) is 3.50. The number of hydrogen-bond acceptors (Lipinski definition) is 2. The minimum absolute atomic E-state index is 0.0860. The first-order valence-corrected chi connectivity index (χ1v) is 8.68. The van der Waals surface area contributed by atoms with Crippen LogP contribution in [0.5, 0.6) is 0 Å². The Morgan fingerprint density at radius 2 is 2.04 bits per heavy atom. The van der Waals surface area contributed by atoms with Crippen molar-refractivity contribution < 1.29 is 9.59 Å². The molecule has 0 bridgehead atoms. The van der Waals surface area contributed by atoms with Gasteiger partial charge < -0.3 is 9.88 Å². The molecule has 0 radical (unpaired) electrons. The number of aromatic amines is 1. The number of fused-ring (bicyclic) bond motifs is 1. The van der Waals surface area contributed by atoms with Crippen molar-refractivity contribution in [1.29, 1.82) is 0 Å². The quantitative estimate of drug-likeness (QED) is 0.905. The lowest BCUT2D eigenvalue weighted by atomic mass is 9.93. The molecule has 4 nitrogen and oxygen atoms in total. The van der Waals surface area contributed by atoms with Gasteiger partial charge in [-0.05, 0) is 43.9 Å². The molecular weight excluding hydrogens is 324 g/mol. The molecule has 0 unspecified atom stereocenters. The highest BCUT2D eigenvalue weighted by molar-refractivity contribution is 6.31. The molecule has 0 saturated carbocycles. The number of carbonyl (C=O) groups is 2. The van der Waals surface area contributed by atoms with Crippen molar-refractivity contribution in [3.63, 3.8) is 0 Å². The number of ketones is 1. The molecule has 1 aliphatic carbocycles. The Kier molecular flexibility index (Phi) is 4.76. The van der Waals surface area contributed by atoms with Crippen LogP contribution in [0.15, 0.2) is 24.3 Å². The van der Waals surface area contributed by atoms with Crippen LogP contribution in [0, 0.1) is 6.92 Å². The SMILES string of the molecule is CCN(Cc1ccccc1Cl)C(=O)c1[nH]c2c(c1C)C(=O)CCC2. The average molecular weight is 345 g/mol. The Labute approximate surface area is 146 Å². The smallest absolute Gasteiger partial charge is 0.270 e. The minimum Gasteiger partial charge on any atom is -0.354 e. The molecule has 5 heteroatoms. The fraction of sp³-hybridized carbons (Fsp3) is 0.368. The van der Waals surface area contributed by atoms with Gasteiger partial charge in [-0.2, -0.15) is 0 Å². The molecule has 126 valence electrons. The van der Waals surface area contributed by atoms with E-state index in [9.17, 15) is 9.59 Å². The molecule has 0 spiro atoms. The molecule has 24 heavy (non-hydrogen) atoms. The molecular formula is C19H21ClN2O2. The van der Waals surface area contributed by atoms with Crippen molar-refractivity contribution in [3.8, 4) is 0 Å². The maximum atomic E-state index is 13.0. The maximum Gasteiger partial charge on any atom is 0.270 e. The van der Waals surface area contributed by atoms with E-state index < -0.39 is 0 Å². The van der Waals surface area contributed by atoms with Gasteiger partial charge in [0.15, 0.2) is 5.78 Å². The zero-order valence-electron chi connectivity index (χ0n) is 14.0. The van der Waals surface area contributed by atoms with E-state index in [4.69, 9.17) is 11.6 Å². The van der Waals surface area contributed by atoms with Crippen LogP contribution in [0.1, 0.15) is 57.4 Å². The summed E-state index contributed by atoms with van der Waals surface area (Å²) >= 11 is 6.22. The summed E-state index contributed by atoms with van der Waals surface area (Å²) < 4.78 is 0. The van der Waals surface area contributed by atoms with Gasteiger partial charge in [0, 0.05) is 35.8 Å². The molecule has 3 rings (SSSR count). The van der Waals surface area contributed by atoms with Gasteiger partial charge in [0.2, 0.25) is 0 Å². The number of aromatic nitrogens is 1. The van der Waals surface area contributed by atoms with Crippen LogP contribution in [0.25, 0.3) is 0 Å². The van der Waals surface area contributed by atoms with Crippen LogP contribution in [0.3, 0.4) is 0 Å². The van der Waals surface area contributed by atoms with Gasteiger partial charge in [0.05, 0.1) is 0 Å². The summed E-state index contributed by atoms with van der Waals surface area (Å²) in [6.45, 7) is 4.82. The van der Waals surface area contributed by atoms with E-state index in [1.165, 1.54) is 0 Å². The van der Waals surface area contributed by atoms with Gasteiger partial charge in [-0.3, -0.25) is 9.59 Å². The van der Waals surface area contributed by atoms with Crippen molar-refractivity contribution in [2.75, 3.05) is 6.54 Å². The molecule has 2 aromatic rings. The van der Waals surface area contributed by atoms with Crippen molar-refractivity contribution in [1.82, 2.24) is 9.88 Å². The Morgan fingerprint density at radius 1 is 1.29 bits per heavy atom. The van der Waals surface area contributed by atoms with E-state index in [2.05, 4.69) is 4.98 Å². The standard InChI is InChI=1S/C19H21ClN2O2/c1-3-22(11-13-7-4-5-8-14(13)20)19(24)18-12(2)17-15(21-18)9-6-10-16(17)23/h4-5,7-8,21H,3,6,9-11H2,1-2H3. The summed E-state index contributed by atoms with van der Waals surface area (Å²) in [6.07, 6.45) is 2.23. The van der Waals surface area contributed by atoms with E-state index >= 15 is 0 Å². The number of Topliss-reactive ketones (excluding diaryl/α,β-unsaturated/α-hetero) is 1. The second-order valence-electron chi connectivity index (χ2n) is 6.17. The van der Waals surface area contributed by atoms with Crippen molar-refractivity contribution in [3.05, 3.63) is 57.4 Å². The number of benzene rings is 1. The zero-order chi connectivity index (χ0) is 17.3. The number of nitrogens with one attached hydrogen (secondary N) is 1. The predicted molar refractivity (Wildman–Crippen MR) is 94.7 cm³/mol. The van der Waals surface area contributed by atoms with E-state index in [1.54, 1.807) is 4.90 Å². The molecule has 1 aliphatic rings. The lowest BCUT2D eigenvalue weighted by Crippen LogP contribution is -2.31. The topological polar surface area (TPSA) is 53.2 Å². The normalized spacial score (nSPS) is 13.7. The third-order valence-electron chi connectivity index (χ3n) is 4.64. The lowest BCUT2D eigenvalue weighted by molar-refractivity contribution is 0.0746. The number of hydrogen-bond donors (Lipinski definition) is 1. The Hall–Kier alpha value is -2.07. The number of H-pyrrole nitrogens is 1. The molecule has 0 aliphatic heterocycles. The lowest BCUT2D eigenvalue weighted by Gasteiger charge is -2.21. The first-order valence-electron chi connectivity index (χ1n) is 8.30. The van der Waals surface area contributed by atoms with E-state index in [0.717, 1.165) is 35.2 Å². The van der Waals surface area contributed by atoms with E-state index in [1.807, 2.05) is 38.1 Å². The highest BCUT2D eigenvalue weighted by Gasteiger charge is 2.28. The Morgan fingerprint density at radius 3 is 2.71 bits per heavy atom. The average Bonchev–Trinajstić information content (AvgIpc) is 2.92. The summed E-state index contributed by atoms with van der Waals surface area (Å²) in [7, 11) is 0. The molecule has 0 saturated heterocycles. The zero-order valence-corrected chi connectivity index (χ0v) is 14.7. The van der Waals surface area contributed by atoms with Crippen LogP contribution in [-0.4, -0.2) is 28.1 Å². The van der Waals surface area contributed by atoms with Crippen LogP contribution >= 0.6 is 11.6 Å². The van der Waals surface area contributed by atoms with Crippen molar-refractivity contribution in [2.45, 2.75) is 39.7 Å². The Bertz CT molecular complexity index is 795. The first-order chi connectivity index (χ1) is 11.5. The third kappa shape index (κ3) is 2.98. The monoisotopic (exact) mass is 344 g/mol.